The zero-order valence-corrected chi connectivity index (χ0v) is 13.8. The second kappa shape index (κ2) is 6.40. The van der Waals surface area contributed by atoms with Gasteiger partial charge in [0.2, 0.25) is 0 Å². The van der Waals surface area contributed by atoms with Crippen molar-refractivity contribution in [3.63, 3.8) is 0 Å². The van der Waals surface area contributed by atoms with Gasteiger partial charge in [-0.25, -0.2) is 0 Å². The Balaban J connectivity index is 1.83. The van der Waals surface area contributed by atoms with Gasteiger partial charge in [0.15, 0.2) is 0 Å². The zero-order valence-electron chi connectivity index (χ0n) is 12.3. The van der Waals surface area contributed by atoms with Crippen molar-refractivity contribution in [1.29, 1.82) is 0 Å². The number of rotatable bonds is 3. The number of nitrogens with one attached hydrogen (secondary N) is 1. The summed E-state index contributed by atoms with van der Waals surface area (Å²) < 4.78 is 2.28. The molecular formula is C15H18ClN3O2S. The van der Waals surface area contributed by atoms with E-state index >= 15 is 0 Å². The van der Waals surface area contributed by atoms with Crippen LogP contribution in [0.4, 0.5) is 0 Å². The number of thiophene rings is 1. The molecule has 0 spiro atoms. The lowest BCUT2D eigenvalue weighted by Gasteiger charge is -2.28. The van der Waals surface area contributed by atoms with Crippen LogP contribution < -0.4 is 5.32 Å². The molecular weight excluding hydrogens is 322 g/mol. The SMILES string of the molecule is Cn1cc(C(=O)N[C@@H]2CCCC[C@H]2O)c(-c2ccc(Cl)s2)n1. The maximum Gasteiger partial charge on any atom is 0.255 e. The lowest BCUT2D eigenvalue weighted by Crippen LogP contribution is -2.45. The Hall–Kier alpha value is -1.37. The first-order valence-corrected chi connectivity index (χ1v) is 8.52. The van der Waals surface area contributed by atoms with E-state index in [4.69, 9.17) is 11.6 Å². The average Bonchev–Trinajstić information content (AvgIpc) is 3.07. The van der Waals surface area contributed by atoms with Gasteiger partial charge in [-0.2, -0.15) is 5.10 Å². The van der Waals surface area contributed by atoms with Gasteiger partial charge in [0, 0.05) is 13.2 Å². The highest BCUT2D eigenvalue weighted by atomic mass is 35.5. The predicted octanol–water partition coefficient (Wildman–Crippen LogP) is 2.84. The average molecular weight is 340 g/mol. The molecule has 0 aromatic carbocycles. The van der Waals surface area contributed by atoms with Crippen LogP contribution in [0.5, 0.6) is 0 Å². The van der Waals surface area contributed by atoms with Gasteiger partial charge in [-0.1, -0.05) is 24.4 Å². The van der Waals surface area contributed by atoms with Crippen molar-refractivity contribution < 1.29 is 9.90 Å². The van der Waals surface area contributed by atoms with Crippen LogP contribution in [0.25, 0.3) is 10.6 Å². The normalized spacial score (nSPS) is 21.8. The van der Waals surface area contributed by atoms with Crippen LogP contribution in [0.3, 0.4) is 0 Å². The van der Waals surface area contributed by atoms with Crippen LogP contribution in [0.15, 0.2) is 18.3 Å². The second-order valence-corrected chi connectivity index (χ2v) is 7.32. The van der Waals surface area contributed by atoms with Gasteiger partial charge in [-0.15, -0.1) is 11.3 Å². The number of nitrogens with zero attached hydrogens (tertiary/aromatic N) is 2. The Bertz CT molecular complexity index is 682. The molecule has 1 aliphatic carbocycles. The molecule has 5 nitrogen and oxygen atoms in total. The van der Waals surface area contributed by atoms with Gasteiger partial charge in [0.05, 0.1) is 26.9 Å². The lowest BCUT2D eigenvalue weighted by molar-refractivity contribution is 0.0717. The number of aliphatic hydroxyl groups is 1. The van der Waals surface area contributed by atoms with E-state index < -0.39 is 6.10 Å². The Kier molecular flexibility index (Phi) is 4.52. The maximum absolute atomic E-state index is 12.6. The minimum atomic E-state index is -0.464. The van der Waals surface area contributed by atoms with Crippen molar-refractivity contribution in [2.75, 3.05) is 0 Å². The van der Waals surface area contributed by atoms with Crippen LogP contribution in [-0.2, 0) is 7.05 Å². The first-order valence-electron chi connectivity index (χ1n) is 7.33. The molecule has 22 heavy (non-hydrogen) atoms. The van der Waals surface area contributed by atoms with E-state index in [1.165, 1.54) is 11.3 Å². The fourth-order valence-electron chi connectivity index (χ4n) is 2.80. The fourth-order valence-corrected chi connectivity index (χ4v) is 3.85. The first kappa shape index (κ1) is 15.5. The number of amides is 1. The minimum Gasteiger partial charge on any atom is -0.391 e. The Morgan fingerprint density at radius 3 is 2.91 bits per heavy atom. The molecule has 118 valence electrons. The van der Waals surface area contributed by atoms with Gasteiger partial charge in [-0.3, -0.25) is 9.48 Å². The summed E-state index contributed by atoms with van der Waals surface area (Å²) in [5.41, 5.74) is 1.14. The fraction of sp³-hybridized carbons (Fsp3) is 0.467. The molecule has 2 heterocycles. The highest BCUT2D eigenvalue weighted by Crippen LogP contribution is 2.32. The van der Waals surface area contributed by atoms with Crippen molar-refractivity contribution in [1.82, 2.24) is 15.1 Å². The molecule has 0 aliphatic heterocycles. The molecule has 2 atom stereocenters. The minimum absolute atomic E-state index is 0.179. The second-order valence-electron chi connectivity index (χ2n) is 5.60. The number of halogens is 1. The number of carbonyl (C=O) groups is 1. The molecule has 1 amide bonds. The van der Waals surface area contributed by atoms with Crippen molar-refractivity contribution in [3.8, 4) is 10.6 Å². The summed E-state index contributed by atoms with van der Waals surface area (Å²) in [4.78, 5) is 13.4. The van der Waals surface area contributed by atoms with Crippen molar-refractivity contribution in [2.24, 2.45) is 7.05 Å². The monoisotopic (exact) mass is 339 g/mol. The third-order valence-electron chi connectivity index (χ3n) is 3.93. The largest absolute Gasteiger partial charge is 0.391 e. The maximum atomic E-state index is 12.6. The number of aliphatic hydroxyl groups excluding tert-OH is 1. The van der Waals surface area contributed by atoms with Crippen molar-refractivity contribution >= 4 is 28.8 Å². The van der Waals surface area contributed by atoms with E-state index in [0.29, 0.717) is 15.6 Å². The molecule has 0 bridgehead atoms. The molecule has 1 aliphatic rings. The van der Waals surface area contributed by atoms with E-state index in [1.807, 2.05) is 6.07 Å². The third kappa shape index (κ3) is 3.19. The Morgan fingerprint density at radius 1 is 1.45 bits per heavy atom. The molecule has 3 rings (SSSR count). The predicted molar refractivity (Wildman–Crippen MR) is 87.3 cm³/mol. The lowest BCUT2D eigenvalue weighted by atomic mass is 9.92. The van der Waals surface area contributed by atoms with Gasteiger partial charge < -0.3 is 10.4 Å². The molecule has 1 saturated carbocycles. The first-order chi connectivity index (χ1) is 10.5. The van der Waals surface area contributed by atoms with Gasteiger partial charge in [0.1, 0.15) is 5.69 Å². The number of aromatic nitrogens is 2. The summed E-state index contributed by atoms with van der Waals surface area (Å²) >= 11 is 7.37. The van der Waals surface area contributed by atoms with Gasteiger partial charge >= 0.3 is 0 Å². The highest BCUT2D eigenvalue weighted by Gasteiger charge is 2.27. The summed E-state index contributed by atoms with van der Waals surface area (Å²) in [6.07, 6.45) is 4.84. The quantitative estimate of drug-likeness (QED) is 0.903. The third-order valence-corrected chi connectivity index (χ3v) is 5.16. The molecule has 2 aromatic rings. The molecule has 0 saturated heterocycles. The van der Waals surface area contributed by atoms with Gasteiger partial charge in [-0.05, 0) is 25.0 Å². The van der Waals surface area contributed by atoms with Crippen LogP contribution in [0, 0.1) is 0 Å². The van der Waals surface area contributed by atoms with E-state index in [-0.39, 0.29) is 11.9 Å². The van der Waals surface area contributed by atoms with Gasteiger partial charge in [0.25, 0.3) is 5.91 Å². The van der Waals surface area contributed by atoms with E-state index in [0.717, 1.165) is 30.6 Å². The molecule has 2 N–H and O–H groups in total. The summed E-state index contributed by atoms with van der Waals surface area (Å²) in [6.45, 7) is 0. The van der Waals surface area contributed by atoms with Crippen molar-refractivity contribution in [3.05, 3.63) is 28.2 Å². The number of aryl methyl sites for hydroxylation is 1. The molecule has 1 fully saturated rings. The smallest absolute Gasteiger partial charge is 0.255 e. The highest BCUT2D eigenvalue weighted by molar-refractivity contribution is 7.19. The molecule has 0 radical (unpaired) electrons. The van der Waals surface area contributed by atoms with Crippen LogP contribution >= 0.6 is 22.9 Å². The summed E-state index contributed by atoms with van der Waals surface area (Å²) in [7, 11) is 1.78. The summed E-state index contributed by atoms with van der Waals surface area (Å²) in [5, 5.41) is 17.3. The van der Waals surface area contributed by atoms with Crippen LogP contribution in [-0.4, -0.2) is 32.9 Å². The number of hydrogen-bond donors (Lipinski definition) is 2. The van der Waals surface area contributed by atoms with E-state index in [9.17, 15) is 9.90 Å². The number of carbonyl (C=O) groups excluding carboxylic acids is 1. The molecule has 2 aromatic heterocycles. The zero-order chi connectivity index (χ0) is 15.7. The van der Waals surface area contributed by atoms with E-state index in [1.54, 1.807) is 24.0 Å². The van der Waals surface area contributed by atoms with Crippen molar-refractivity contribution in [2.45, 2.75) is 37.8 Å². The topological polar surface area (TPSA) is 67.2 Å². The summed E-state index contributed by atoms with van der Waals surface area (Å²) in [6, 6.07) is 3.48. The summed E-state index contributed by atoms with van der Waals surface area (Å²) in [5.74, 6) is -0.196. The Labute approximate surface area is 137 Å². The van der Waals surface area contributed by atoms with E-state index in [2.05, 4.69) is 10.4 Å². The standard InChI is InChI=1S/C15H18ClN3O2S/c1-19-8-9(14(18-19)12-6-7-13(16)22-12)15(21)17-10-4-2-3-5-11(10)20/h6-8,10-11,20H,2-5H2,1H3,(H,17,21)/t10-,11-/m1/s1. The molecule has 7 heteroatoms. The Morgan fingerprint density at radius 2 is 2.23 bits per heavy atom. The van der Waals surface area contributed by atoms with Crippen LogP contribution in [0.2, 0.25) is 4.34 Å². The van der Waals surface area contributed by atoms with Crippen LogP contribution in [0.1, 0.15) is 36.0 Å². The number of hydrogen-bond acceptors (Lipinski definition) is 4. The molecule has 0 unspecified atom stereocenters.